The second-order valence-electron chi connectivity index (χ2n) is 9.17. The molecular weight excluding hydrogens is 502 g/mol. The summed E-state index contributed by atoms with van der Waals surface area (Å²) in [5, 5.41) is 4.18. The topological polar surface area (TPSA) is 61.4 Å². The molecule has 0 bridgehead atoms. The van der Waals surface area contributed by atoms with E-state index >= 15 is 0 Å². The molecule has 0 radical (unpaired) electrons. The van der Waals surface area contributed by atoms with Gasteiger partial charge in [0.15, 0.2) is 0 Å². The number of piperidine rings is 2. The summed E-state index contributed by atoms with van der Waals surface area (Å²) in [5.41, 5.74) is 1.93. The molecule has 1 amide bonds. The molecule has 2 saturated heterocycles. The lowest BCUT2D eigenvalue weighted by Gasteiger charge is -2.42. The Hall–Kier alpha value is -2.10. The lowest BCUT2D eigenvalue weighted by atomic mass is 9.93. The van der Waals surface area contributed by atoms with Gasteiger partial charge in [-0.2, -0.15) is 13.2 Å². The number of aromatic nitrogens is 2. The van der Waals surface area contributed by atoms with E-state index in [0.29, 0.717) is 59.8 Å². The molecule has 4 rings (SSSR count). The molecule has 2 aliphatic rings. The van der Waals surface area contributed by atoms with E-state index in [2.05, 4.69) is 20.2 Å². The summed E-state index contributed by atoms with van der Waals surface area (Å²) in [6, 6.07) is 5.57. The third kappa shape index (κ3) is 6.19. The van der Waals surface area contributed by atoms with Gasteiger partial charge in [-0.1, -0.05) is 29.3 Å². The van der Waals surface area contributed by atoms with E-state index < -0.39 is 12.1 Å². The first-order chi connectivity index (χ1) is 16.6. The summed E-state index contributed by atoms with van der Waals surface area (Å²) in [6.07, 6.45) is -0.937. The van der Waals surface area contributed by atoms with Crippen molar-refractivity contribution in [1.82, 2.24) is 19.8 Å². The number of nitrogens with one attached hydrogen (secondary N) is 1. The van der Waals surface area contributed by atoms with E-state index in [1.165, 1.54) is 6.33 Å². The second kappa shape index (κ2) is 10.9. The Morgan fingerprint density at radius 3 is 2.37 bits per heavy atom. The number of nitrogens with zero attached hydrogens (tertiary/aromatic N) is 4. The average molecular weight is 530 g/mol. The lowest BCUT2D eigenvalue weighted by Crippen LogP contribution is -2.50. The molecule has 3 heterocycles. The monoisotopic (exact) mass is 529 g/mol. The van der Waals surface area contributed by atoms with Crippen molar-refractivity contribution in [3.8, 4) is 0 Å². The van der Waals surface area contributed by atoms with Gasteiger partial charge in [-0.15, -0.1) is 0 Å². The minimum atomic E-state index is -4.10. The highest BCUT2D eigenvalue weighted by Gasteiger charge is 2.42. The fourth-order valence-corrected chi connectivity index (χ4v) is 5.18. The van der Waals surface area contributed by atoms with Gasteiger partial charge >= 0.3 is 6.18 Å². The minimum Gasteiger partial charge on any atom is -0.366 e. The molecule has 1 aromatic heterocycles. The molecular formula is C24H28Cl2F3N5O. The van der Waals surface area contributed by atoms with E-state index in [1.54, 1.807) is 17.0 Å². The summed E-state index contributed by atoms with van der Waals surface area (Å²) < 4.78 is 38.9. The van der Waals surface area contributed by atoms with Crippen molar-refractivity contribution >= 4 is 34.9 Å². The van der Waals surface area contributed by atoms with Gasteiger partial charge in [0.05, 0.1) is 16.0 Å². The Balaban J connectivity index is 1.32. The van der Waals surface area contributed by atoms with Crippen LogP contribution in [0.3, 0.4) is 0 Å². The van der Waals surface area contributed by atoms with Gasteiger partial charge in [-0.05, 0) is 63.4 Å². The van der Waals surface area contributed by atoms with E-state index in [1.807, 2.05) is 13.0 Å². The fraction of sp³-hybridized carbons (Fsp3) is 0.542. The number of halogens is 5. The van der Waals surface area contributed by atoms with Gasteiger partial charge in [-0.25, -0.2) is 9.97 Å². The Morgan fingerprint density at radius 2 is 1.74 bits per heavy atom. The van der Waals surface area contributed by atoms with Crippen LogP contribution < -0.4 is 5.32 Å². The first-order valence-electron chi connectivity index (χ1n) is 11.7. The average Bonchev–Trinajstić information content (AvgIpc) is 2.85. The molecule has 1 aromatic carbocycles. The van der Waals surface area contributed by atoms with Gasteiger partial charge in [0.1, 0.15) is 17.8 Å². The molecule has 6 nitrogen and oxygen atoms in total. The summed E-state index contributed by atoms with van der Waals surface area (Å²) >= 11 is 12.0. The maximum Gasteiger partial charge on any atom is 0.391 e. The van der Waals surface area contributed by atoms with E-state index in [4.69, 9.17) is 23.2 Å². The van der Waals surface area contributed by atoms with Crippen LogP contribution in [0.25, 0.3) is 0 Å². The highest BCUT2D eigenvalue weighted by Crippen LogP contribution is 2.35. The number of carbonyl (C=O) groups excluding carboxylic acids is 1. The first-order valence-corrected chi connectivity index (χ1v) is 12.5. The van der Waals surface area contributed by atoms with Crippen molar-refractivity contribution in [1.29, 1.82) is 0 Å². The molecule has 0 atom stereocenters. The molecule has 190 valence electrons. The lowest BCUT2D eigenvalue weighted by molar-refractivity contribution is -0.186. The number of amides is 1. The predicted molar refractivity (Wildman–Crippen MR) is 130 cm³/mol. The Morgan fingerprint density at radius 1 is 1.06 bits per heavy atom. The SMILES string of the molecule is Cc1c(NCc2ccc(Cl)c(Cl)c2)ncnc1C(=O)N1CCC(N2CCC(C(F)(F)F)CC2)CC1. The normalized spacial score (nSPS) is 18.6. The van der Waals surface area contributed by atoms with Crippen LogP contribution in [0.15, 0.2) is 24.5 Å². The standard InChI is InChI=1S/C24H28Cl2F3N5O/c1-15-21(31-14-32-22(15)30-13-16-2-3-19(25)20(26)12-16)23(35)34-10-6-18(7-11-34)33-8-4-17(5-9-33)24(27,28)29/h2-3,12,14,17-18H,4-11,13H2,1H3,(H,30,31,32). The van der Waals surface area contributed by atoms with Crippen LogP contribution in [0.5, 0.6) is 0 Å². The number of hydrogen-bond donors (Lipinski definition) is 1. The molecule has 2 fully saturated rings. The molecule has 0 spiro atoms. The van der Waals surface area contributed by atoms with Crippen LogP contribution in [-0.2, 0) is 6.54 Å². The van der Waals surface area contributed by atoms with Crippen LogP contribution in [-0.4, -0.2) is 64.1 Å². The molecule has 35 heavy (non-hydrogen) atoms. The quantitative estimate of drug-likeness (QED) is 0.547. The van der Waals surface area contributed by atoms with E-state index in [0.717, 1.165) is 18.4 Å². The van der Waals surface area contributed by atoms with Gasteiger partial charge in [0.2, 0.25) is 0 Å². The first kappa shape index (κ1) is 26.0. The summed E-state index contributed by atoms with van der Waals surface area (Å²) in [5.74, 6) is -0.783. The number of anilines is 1. The second-order valence-corrected chi connectivity index (χ2v) is 9.99. The highest BCUT2D eigenvalue weighted by molar-refractivity contribution is 6.42. The van der Waals surface area contributed by atoms with Crippen molar-refractivity contribution in [3.05, 3.63) is 51.4 Å². The smallest absolute Gasteiger partial charge is 0.366 e. The Bertz CT molecular complexity index is 1050. The van der Waals surface area contributed by atoms with Gasteiger partial charge in [0.25, 0.3) is 5.91 Å². The predicted octanol–water partition coefficient (Wildman–Crippen LogP) is 5.58. The number of carbonyl (C=O) groups is 1. The number of rotatable bonds is 5. The maximum absolute atomic E-state index is 13.2. The van der Waals surface area contributed by atoms with Gasteiger partial charge in [0, 0.05) is 31.2 Å². The van der Waals surface area contributed by atoms with Crippen molar-refractivity contribution in [2.24, 2.45) is 5.92 Å². The highest BCUT2D eigenvalue weighted by atomic mass is 35.5. The maximum atomic E-state index is 13.2. The van der Waals surface area contributed by atoms with Crippen molar-refractivity contribution in [2.75, 3.05) is 31.5 Å². The van der Waals surface area contributed by atoms with Crippen LogP contribution >= 0.6 is 23.2 Å². The molecule has 2 aromatic rings. The zero-order chi connectivity index (χ0) is 25.2. The number of hydrogen-bond acceptors (Lipinski definition) is 5. The molecule has 0 aliphatic carbocycles. The summed E-state index contributed by atoms with van der Waals surface area (Å²) in [4.78, 5) is 25.7. The zero-order valence-corrected chi connectivity index (χ0v) is 20.9. The third-order valence-electron chi connectivity index (χ3n) is 6.99. The third-order valence-corrected chi connectivity index (χ3v) is 7.73. The van der Waals surface area contributed by atoms with Crippen LogP contribution in [0.2, 0.25) is 10.0 Å². The van der Waals surface area contributed by atoms with E-state index in [9.17, 15) is 18.0 Å². The molecule has 0 saturated carbocycles. The van der Waals surface area contributed by atoms with Gasteiger partial charge in [-0.3, -0.25) is 4.79 Å². The van der Waals surface area contributed by atoms with Gasteiger partial charge < -0.3 is 15.1 Å². The number of alkyl halides is 3. The summed E-state index contributed by atoms with van der Waals surface area (Å²) in [6.45, 7) is 4.29. The Labute approximate surface area is 212 Å². The molecule has 1 N–H and O–H groups in total. The Kier molecular flexibility index (Phi) is 8.08. The van der Waals surface area contributed by atoms with Crippen LogP contribution in [0, 0.1) is 12.8 Å². The van der Waals surface area contributed by atoms with Crippen LogP contribution in [0.1, 0.15) is 47.3 Å². The summed E-state index contributed by atoms with van der Waals surface area (Å²) in [7, 11) is 0. The number of benzene rings is 1. The number of likely N-dealkylation sites (tertiary alicyclic amines) is 2. The van der Waals surface area contributed by atoms with Crippen molar-refractivity contribution in [3.63, 3.8) is 0 Å². The molecule has 11 heteroatoms. The molecule has 0 unspecified atom stereocenters. The minimum absolute atomic E-state index is 0.154. The van der Waals surface area contributed by atoms with Crippen molar-refractivity contribution < 1.29 is 18.0 Å². The van der Waals surface area contributed by atoms with E-state index in [-0.39, 0.29) is 24.8 Å². The van der Waals surface area contributed by atoms with Crippen LogP contribution in [0.4, 0.5) is 19.0 Å². The van der Waals surface area contributed by atoms with Crippen molar-refractivity contribution in [2.45, 2.75) is 51.4 Å². The molecule has 2 aliphatic heterocycles. The fourth-order valence-electron chi connectivity index (χ4n) is 4.86. The zero-order valence-electron chi connectivity index (χ0n) is 19.4. The largest absolute Gasteiger partial charge is 0.391 e.